The van der Waals surface area contributed by atoms with Crippen LogP contribution >= 0.6 is 15.9 Å². The van der Waals surface area contributed by atoms with Crippen molar-refractivity contribution in [1.82, 2.24) is 5.32 Å². The van der Waals surface area contributed by atoms with Crippen molar-refractivity contribution in [3.8, 4) is 0 Å². The number of benzene rings is 2. The number of anilines is 1. The van der Waals surface area contributed by atoms with Crippen LogP contribution in [0.5, 0.6) is 0 Å². The second-order valence-corrected chi connectivity index (χ2v) is 5.94. The van der Waals surface area contributed by atoms with E-state index in [0.29, 0.717) is 0 Å². The molecule has 2 aromatic carbocycles. The molecule has 1 fully saturated rings. The van der Waals surface area contributed by atoms with Gasteiger partial charge in [0, 0.05) is 16.4 Å². The Kier molecular flexibility index (Phi) is 3.76. The zero-order chi connectivity index (χ0) is 14.1. The van der Waals surface area contributed by atoms with E-state index in [4.69, 9.17) is 0 Å². The minimum atomic E-state index is -0.0637. The number of rotatable bonds is 2. The topological polar surface area (TPSA) is 32.3 Å². The molecule has 3 rings (SSSR count). The second kappa shape index (κ2) is 5.54. The molecule has 4 heteroatoms. The lowest BCUT2D eigenvalue weighted by Crippen LogP contribution is -2.49. The van der Waals surface area contributed by atoms with Gasteiger partial charge in [0.25, 0.3) is 0 Å². The van der Waals surface area contributed by atoms with E-state index < -0.39 is 0 Å². The lowest BCUT2D eigenvalue weighted by molar-refractivity contribution is -0.121. The monoisotopic (exact) mass is 332 g/mol. The standard InChI is InChI=1S/C16H17BrN2O/c1-18-14-7-4-10-19(16(14)20)15-9-8-13(17)11-5-2-3-6-12(11)15/h2-3,5-6,8-9,14,18H,4,7,10H2,1H3. The molecule has 3 nitrogen and oxygen atoms in total. The number of nitrogens with one attached hydrogen (secondary N) is 1. The molecule has 0 spiro atoms. The molecule has 0 radical (unpaired) electrons. The van der Waals surface area contributed by atoms with E-state index in [1.165, 1.54) is 0 Å². The third-order valence-electron chi connectivity index (χ3n) is 3.93. The summed E-state index contributed by atoms with van der Waals surface area (Å²) in [5, 5.41) is 5.37. The summed E-state index contributed by atoms with van der Waals surface area (Å²) in [6.07, 6.45) is 1.95. The van der Waals surface area contributed by atoms with Crippen molar-refractivity contribution >= 4 is 38.3 Å². The molecular weight excluding hydrogens is 316 g/mol. The van der Waals surface area contributed by atoms with Crippen LogP contribution < -0.4 is 10.2 Å². The Morgan fingerprint density at radius 2 is 1.95 bits per heavy atom. The van der Waals surface area contributed by atoms with Gasteiger partial charge < -0.3 is 10.2 Å². The minimum Gasteiger partial charge on any atom is -0.310 e. The van der Waals surface area contributed by atoms with Crippen molar-refractivity contribution < 1.29 is 4.79 Å². The average molecular weight is 333 g/mol. The third-order valence-corrected chi connectivity index (χ3v) is 4.62. The average Bonchev–Trinajstić information content (AvgIpc) is 2.49. The molecule has 1 atom stereocenters. The van der Waals surface area contributed by atoms with Gasteiger partial charge in [-0.3, -0.25) is 4.79 Å². The van der Waals surface area contributed by atoms with E-state index in [9.17, 15) is 4.79 Å². The van der Waals surface area contributed by atoms with Crippen LogP contribution in [0.3, 0.4) is 0 Å². The second-order valence-electron chi connectivity index (χ2n) is 5.09. The number of carbonyl (C=O) groups is 1. The van der Waals surface area contributed by atoms with E-state index in [2.05, 4.69) is 33.4 Å². The number of carbonyl (C=O) groups excluding carboxylic acids is 1. The van der Waals surface area contributed by atoms with Gasteiger partial charge in [-0.05, 0) is 37.4 Å². The molecule has 0 aliphatic carbocycles. The summed E-state index contributed by atoms with van der Waals surface area (Å²) in [7, 11) is 1.85. The zero-order valence-corrected chi connectivity index (χ0v) is 13.0. The van der Waals surface area contributed by atoms with E-state index >= 15 is 0 Å². The Balaban J connectivity index is 2.10. The number of nitrogens with zero attached hydrogens (tertiary/aromatic N) is 1. The molecule has 1 saturated heterocycles. The SMILES string of the molecule is CNC1CCCN(c2ccc(Br)c3ccccc23)C1=O. The number of amides is 1. The predicted octanol–water partition coefficient (Wildman–Crippen LogP) is 3.32. The fourth-order valence-corrected chi connectivity index (χ4v) is 3.34. The van der Waals surface area contributed by atoms with Gasteiger partial charge in [0.15, 0.2) is 0 Å². The summed E-state index contributed by atoms with van der Waals surface area (Å²) in [5.74, 6) is 0.172. The van der Waals surface area contributed by atoms with Gasteiger partial charge in [0.2, 0.25) is 5.91 Å². The maximum absolute atomic E-state index is 12.5. The fourth-order valence-electron chi connectivity index (χ4n) is 2.86. The highest BCUT2D eigenvalue weighted by Crippen LogP contribution is 2.33. The number of fused-ring (bicyclic) bond motifs is 1. The van der Waals surface area contributed by atoms with Crippen molar-refractivity contribution in [3.05, 3.63) is 40.9 Å². The summed E-state index contributed by atoms with van der Waals surface area (Å²) < 4.78 is 1.06. The van der Waals surface area contributed by atoms with Crippen LogP contribution in [0.2, 0.25) is 0 Å². The molecule has 1 aliphatic heterocycles. The number of likely N-dealkylation sites (N-methyl/N-ethyl adjacent to an activating group) is 1. The molecule has 104 valence electrons. The lowest BCUT2D eigenvalue weighted by Gasteiger charge is -2.33. The minimum absolute atomic E-state index is 0.0637. The van der Waals surface area contributed by atoms with Crippen LogP contribution in [0.25, 0.3) is 10.8 Å². The van der Waals surface area contributed by atoms with Gasteiger partial charge in [-0.1, -0.05) is 40.2 Å². The van der Waals surface area contributed by atoms with Crippen LogP contribution in [0.15, 0.2) is 40.9 Å². The van der Waals surface area contributed by atoms with Crippen molar-refractivity contribution in [2.24, 2.45) is 0 Å². The van der Waals surface area contributed by atoms with Gasteiger partial charge in [-0.25, -0.2) is 0 Å². The Hall–Kier alpha value is -1.39. The zero-order valence-electron chi connectivity index (χ0n) is 11.4. The molecule has 2 aromatic rings. The molecule has 1 aliphatic rings. The van der Waals surface area contributed by atoms with E-state index in [1.54, 1.807) is 0 Å². The Bertz CT molecular complexity index is 656. The molecular formula is C16H17BrN2O. The summed E-state index contributed by atoms with van der Waals surface area (Å²) >= 11 is 3.58. The van der Waals surface area contributed by atoms with Gasteiger partial charge in [0.1, 0.15) is 0 Å². The third kappa shape index (κ3) is 2.23. The van der Waals surface area contributed by atoms with Gasteiger partial charge in [-0.2, -0.15) is 0 Å². The molecule has 0 bridgehead atoms. The Morgan fingerprint density at radius 3 is 2.70 bits per heavy atom. The highest BCUT2D eigenvalue weighted by Gasteiger charge is 2.29. The first-order valence-electron chi connectivity index (χ1n) is 6.88. The summed E-state index contributed by atoms with van der Waals surface area (Å²) in [6, 6.07) is 12.2. The highest BCUT2D eigenvalue weighted by atomic mass is 79.9. The molecule has 20 heavy (non-hydrogen) atoms. The maximum atomic E-state index is 12.5. The van der Waals surface area contributed by atoms with Gasteiger partial charge in [-0.15, -0.1) is 0 Å². The quantitative estimate of drug-likeness (QED) is 0.914. The summed E-state index contributed by atoms with van der Waals surface area (Å²) in [6.45, 7) is 0.794. The number of hydrogen-bond donors (Lipinski definition) is 1. The van der Waals surface area contributed by atoms with Crippen molar-refractivity contribution in [3.63, 3.8) is 0 Å². The molecule has 1 unspecified atom stereocenters. The van der Waals surface area contributed by atoms with E-state index in [0.717, 1.165) is 40.3 Å². The molecule has 0 aromatic heterocycles. The fraction of sp³-hybridized carbons (Fsp3) is 0.312. The van der Waals surface area contributed by atoms with Gasteiger partial charge >= 0.3 is 0 Å². The number of hydrogen-bond acceptors (Lipinski definition) is 2. The maximum Gasteiger partial charge on any atom is 0.244 e. The van der Waals surface area contributed by atoms with Crippen molar-refractivity contribution in [2.75, 3.05) is 18.5 Å². The first-order valence-corrected chi connectivity index (χ1v) is 7.67. The van der Waals surface area contributed by atoms with Crippen molar-refractivity contribution in [1.29, 1.82) is 0 Å². The van der Waals surface area contributed by atoms with Crippen LogP contribution in [0, 0.1) is 0 Å². The highest BCUT2D eigenvalue weighted by molar-refractivity contribution is 9.10. The first kappa shape index (κ1) is 13.6. The van der Waals surface area contributed by atoms with Gasteiger partial charge in [0.05, 0.1) is 11.7 Å². The summed E-state index contributed by atoms with van der Waals surface area (Å²) in [4.78, 5) is 14.5. The van der Waals surface area contributed by atoms with E-state index in [1.807, 2.05) is 36.2 Å². The normalized spacial score (nSPS) is 19.6. The number of piperidine rings is 1. The lowest BCUT2D eigenvalue weighted by atomic mass is 10.0. The van der Waals surface area contributed by atoms with Crippen LogP contribution in [-0.2, 0) is 4.79 Å². The molecule has 1 amide bonds. The molecule has 0 saturated carbocycles. The van der Waals surface area contributed by atoms with Crippen molar-refractivity contribution in [2.45, 2.75) is 18.9 Å². The predicted molar refractivity (Wildman–Crippen MR) is 86.1 cm³/mol. The van der Waals surface area contributed by atoms with Crippen LogP contribution in [0.4, 0.5) is 5.69 Å². The molecule has 1 N–H and O–H groups in total. The van der Waals surface area contributed by atoms with Crippen LogP contribution in [-0.4, -0.2) is 25.5 Å². The largest absolute Gasteiger partial charge is 0.310 e. The first-order chi connectivity index (χ1) is 9.72. The Labute approximate surface area is 127 Å². The van der Waals surface area contributed by atoms with E-state index in [-0.39, 0.29) is 11.9 Å². The Morgan fingerprint density at radius 1 is 1.20 bits per heavy atom. The molecule has 1 heterocycles. The van der Waals surface area contributed by atoms with Crippen LogP contribution in [0.1, 0.15) is 12.8 Å². The number of halogens is 1. The summed E-state index contributed by atoms with van der Waals surface area (Å²) in [5.41, 5.74) is 1.01. The smallest absolute Gasteiger partial charge is 0.244 e.